The molecule has 2 aromatic carbocycles. The van der Waals surface area contributed by atoms with Crippen molar-refractivity contribution in [3.05, 3.63) is 68.8 Å². The molecule has 13 heteroatoms. The van der Waals surface area contributed by atoms with E-state index in [0.29, 0.717) is 25.0 Å². The van der Waals surface area contributed by atoms with Crippen LogP contribution in [-0.2, 0) is 9.84 Å². The van der Waals surface area contributed by atoms with Gasteiger partial charge in [0, 0.05) is 28.3 Å². The fourth-order valence-corrected chi connectivity index (χ4v) is 7.54. The number of carbonyl (C=O) groups is 1. The lowest BCUT2D eigenvalue weighted by atomic mass is 9.74. The minimum absolute atomic E-state index is 0.109. The molecule has 4 rings (SSSR count). The number of hydrogen-bond acceptors (Lipinski definition) is 5. The second kappa shape index (κ2) is 9.34. The number of nitrogens with zero attached hydrogens (tertiary/aromatic N) is 3. The zero-order valence-electron chi connectivity index (χ0n) is 18.1. The smallest absolute Gasteiger partial charge is 0.255 e. The zero-order chi connectivity index (χ0) is 25.5. The number of azide groups is 1. The second-order valence-electron chi connectivity index (χ2n) is 8.84. The Morgan fingerprint density at radius 3 is 2.34 bits per heavy atom. The topological polar surface area (TPSA) is 132 Å². The van der Waals surface area contributed by atoms with Crippen LogP contribution in [0.3, 0.4) is 0 Å². The summed E-state index contributed by atoms with van der Waals surface area (Å²) in [4.78, 5) is 15.0. The van der Waals surface area contributed by atoms with Gasteiger partial charge >= 0.3 is 0 Å². The Kier molecular flexibility index (Phi) is 6.76. The van der Waals surface area contributed by atoms with E-state index < -0.39 is 44.0 Å². The lowest BCUT2D eigenvalue weighted by molar-refractivity contribution is -0.0496. The molecule has 8 nitrogen and oxygen atoms in total. The summed E-state index contributed by atoms with van der Waals surface area (Å²) in [5.41, 5.74) is 6.86. The summed E-state index contributed by atoms with van der Waals surface area (Å²) in [7, 11) is -4.03. The van der Waals surface area contributed by atoms with E-state index in [0.717, 1.165) is 6.07 Å². The maximum Gasteiger partial charge on any atom is 0.255 e. The summed E-state index contributed by atoms with van der Waals surface area (Å²) in [6.45, 7) is -0.132. The van der Waals surface area contributed by atoms with E-state index in [4.69, 9.17) is 17.1 Å². The molecule has 0 saturated heterocycles. The number of amides is 1. The molecule has 0 radical (unpaired) electrons. The highest BCUT2D eigenvalue weighted by atomic mass is 35.5. The first kappa shape index (κ1) is 25.3. The number of anilines is 1. The first-order chi connectivity index (χ1) is 16.5. The fourth-order valence-electron chi connectivity index (χ4n) is 5.14. The monoisotopic (exact) mass is 528 g/mol. The standard InChI is InChI=1S/C22H20ClF3N4O4S/c23-16-4-1-11(21(31)29-14-8-17(24)20(26)18(25)9-14)5-19(16)35(33,34)15-6-12-2-3-13(7-15)22(12,32)10-28-30-27/h1,4-5,8-9,12-13,15,32H,2-3,6-7,10H2,(H,29,31)/t12-,13?,15-,22+/m0/s1. The van der Waals surface area contributed by atoms with Gasteiger partial charge in [-0.3, -0.25) is 4.79 Å². The van der Waals surface area contributed by atoms with Crippen molar-refractivity contribution in [2.75, 3.05) is 11.9 Å². The SMILES string of the molecule is [N-]=[N+]=NC[C@]1(O)C2CC[C@H]1C[C@H](S(=O)(=O)c1cc(C(=O)Nc3cc(F)c(F)c(F)c3)ccc1Cl)C2. The van der Waals surface area contributed by atoms with Gasteiger partial charge in [0.1, 0.15) is 0 Å². The maximum absolute atomic E-state index is 13.5. The first-order valence-electron chi connectivity index (χ1n) is 10.7. The molecule has 0 aromatic heterocycles. The molecule has 2 aliphatic carbocycles. The van der Waals surface area contributed by atoms with Crippen LogP contribution in [0.4, 0.5) is 18.9 Å². The van der Waals surface area contributed by atoms with Crippen molar-refractivity contribution in [2.24, 2.45) is 17.0 Å². The largest absolute Gasteiger partial charge is 0.389 e. The first-order valence-corrected chi connectivity index (χ1v) is 12.6. The summed E-state index contributed by atoms with van der Waals surface area (Å²) in [6, 6.07) is 4.74. The van der Waals surface area contributed by atoms with Crippen molar-refractivity contribution >= 4 is 33.0 Å². The third-order valence-electron chi connectivity index (χ3n) is 6.94. The Morgan fingerprint density at radius 1 is 1.17 bits per heavy atom. The van der Waals surface area contributed by atoms with E-state index in [1.807, 2.05) is 0 Å². The number of hydrogen-bond donors (Lipinski definition) is 2. The number of carbonyl (C=O) groups excluding carboxylic acids is 1. The van der Waals surface area contributed by atoms with E-state index in [1.165, 1.54) is 12.1 Å². The van der Waals surface area contributed by atoms with Crippen molar-refractivity contribution in [3.8, 4) is 0 Å². The van der Waals surface area contributed by atoms with Crippen molar-refractivity contribution in [3.63, 3.8) is 0 Å². The van der Waals surface area contributed by atoms with Crippen LogP contribution >= 0.6 is 11.6 Å². The second-order valence-corrected chi connectivity index (χ2v) is 11.4. The van der Waals surface area contributed by atoms with Gasteiger partial charge in [-0.15, -0.1) is 0 Å². The lowest BCUT2D eigenvalue weighted by Crippen LogP contribution is -2.50. The van der Waals surface area contributed by atoms with Gasteiger partial charge < -0.3 is 10.4 Å². The van der Waals surface area contributed by atoms with Crippen LogP contribution in [0.2, 0.25) is 5.02 Å². The lowest BCUT2D eigenvalue weighted by Gasteiger charge is -2.41. The van der Waals surface area contributed by atoms with Crippen LogP contribution in [-0.4, -0.2) is 36.8 Å². The van der Waals surface area contributed by atoms with E-state index in [2.05, 4.69) is 15.3 Å². The Morgan fingerprint density at radius 2 is 1.77 bits per heavy atom. The van der Waals surface area contributed by atoms with Crippen LogP contribution in [0.1, 0.15) is 36.0 Å². The maximum atomic E-state index is 13.5. The summed E-state index contributed by atoms with van der Waals surface area (Å²) in [5.74, 6) is -6.30. The summed E-state index contributed by atoms with van der Waals surface area (Å²) in [6.07, 6.45) is 1.46. The molecule has 2 aromatic rings. The number of aliphatic hydroxyl groups is 1. The summed E-state index contributed by atoms with van der Waals surface area (Å²) < 4.78 is 67.1. The minimum Gasteiger partial charge on any atom is -0.389 e. The van der Waals surface area contributed by atoms with Crippen LogP contribution in [0.5, 0.6) is 0 Å². The molecule has 1 unspecified atom stereocenters. The Labute approximate surface area is 203 Å². The molecule has 0 heterocycles. The molecule has 4 atom stereocenters. The predicted octanol–water partition coefficient (Wildman–Crippen LogP) is 5.01. The Balaban J connectivity index is 1.59. The van der Waals surface area contributed by atoms with Crippen molar-refractivity contribution < 1.29 is 31.5 Å². The normalized spacial score (nSPS) is 25.7. The van der Waals surface area contributed by atoms with Gasteiger partial charge in [0.15, 0.2) is 27.3 Å². The quantitative estimate of drug-likeness (QED) is 0.236. The van der Waals surface area contributed by atoms with Crippen molar-refractivity contribution in [1.82, 2.24) is 0 Å². The average molecular weight is 529 g/mol. The third-order valence-corrected chi connectivity index (χ3v) is 9.60. The number of benzene rings is 2. The molecule has 2 fully saturated rings. The molecular formula is C22H20ClF3N4O4S. The minimum atomic E-state index is -4.03. The highest BCUT2D eigenvalue weighted by Crippen LogP contribution is 2.52. The summed E-state index contributed by atoms with van der Waals surface area (Å²) >= 11 is 6.18. The Hall–Kier alpha value is -2.79. The van der Waals surface area contributed by atoms with Gasteiger partial charge in [0.2, 0.25) is 0 Å². The number of halogens is 4. The molecule has 0 spiro atoms. The highest BCUT2D eigenvalue weighted by Gasteiger charge is 2.55. The van der Waals surface area contributed by atoms with Gasteiger partial charge in [0.25, 0.3) is 5.91 Å². The number of rotatable bonds is 6. The molecule has 35 heavy (non-hydrogen) atoms. The van der Waals surface area contributed by atoms with Gasteiger partial charge in [0.05, 0.1) is 27.3 Å². The molecule has 2 bridgehead atoms. The van der Waals surface area contributed by atoms with E-state index >= 15 is 0 Å². The molecule has 2 aliphatic rings. The van der Waals surface area contributed by atoms with E-state index in [-0.39, 0.29) is 52.4 Å². The van der Waals surface area contributed by atoms with Gasteiger partial charge in [-0.1, -0.05) is 16.7 Å². The summed E-state index contributed by atoms with van der Waals surface area (Å²) in [5, 5.41) is 15.7. The molecule has 2 N–H and O–H groups in total. The highest BCUT2D eigenvalue weighted by molar-refractivity contribution is 7.92. The van der Waals surface area contributed by atoms with Crippen molar-refractivity contribution in [2.45, 2.75) is 41.4 Å². The zero-order valence-corrected chi connectivity index (χ0v) is 19.7. The van der Waals surface area contributed by atoms with Gasteiger partial charge in [-0.25, -0.2) is 21.6 Å². The van der Waals surface area contributed by atoms with Gasteiger partial charge in [-0.2, -0.15) is 0 Å². The number of nitrogens with one attached hydrogen (secondary N) is 1. The van der Waals surface area contributed by atoms with Crippen LogP contribution < -0.4 is 5.32 Å². The Bertz CT molecular complexity index is 1310. The average Bonchev–Trinajstić information content (AvgIpc) is 2.97. The molecule has 186 valence electrons. The van der Waals surface area contributed by atoms with Crippen LogP contribution in [0.15, 0.2) is 40.3 Å². The van der Waals surface area contributed by atoms with Crippen LogP contribution in [0, 0.1) is 29.3 Å². The molecule has 0 aliphatic heterocycles. The molecule has 2 saturated carbocycles. The molecule has 1 amide bonds. The number of sulfone groups is 1. The van der Waals surface area contributed by atoms with Gasteiger partial charge in [-0.05, 0) is 61.2 Å². The van der Waals surface area contributed by atoms with E-state index in [9.17, 15) is 31.5 Å². The fraction of sp³-hybridized carbons (Fsp3) is 0.409. The predicted molar refractivity (Wildman–Crippen MR) is 121 cm³/mol. The third kappa shape index (κ3) is 4.58. The van der Waals surface area contributed by atoms with Crippen molar-refractivity contribution in [1.29, 1.82) is 0 Å². The van der Waals surface area contributed by atoms with Crippen LogP contribution in [0.25, 0.3) is 10.4 Å². The molecular weight excluding hydrogens is 509 g/mol. The number of fused-ring (bicyclic) bond motifs is 2. The van der Waals surface area contributed by atoms with E-state index in [1.54, 1.807) is 0 Å².